The third-order valence-electron chi connectivity index (χ3n) is 3.74. The Bertz CT molecular complexity index is 217. The lowest BCUT2D eigenvalue weighted by molar-refractivity contribution is 0.120. The van der Waals surface area contributed by atoms with Crippen molar-refractivity contribution < 1.29 is 7.48 Å². The number of fused-ring (bicyclic) bond motifs is 2. The van der Waals surface area contributed by atoms with Gasteiger partial charge in [0.2, 0.25) is 0 Å². The van der Waals surface area contributed by atoms with Crippen LogP contribution in [0.5, 0.6) is 0 Å². The molecule has 3 fully saturated rings. The second kappa shape index (κ2) is 1.42. The predicted octanol–water partition coefficient (Wildman–Crippen LogP) is 1.68. The maximum atomic E-state index is 7.77. The van der Waals surface area contributed by atoms with Gasteiger partial charge in [-0.05, 0) is 30.6 Å². The van der Waals surface area contributed by atoms with E-state index in [9.17, 15) is 0 Å². The molecule has 0 aromatic rings. The Kier molecular flexibility index (Phi) is 0.585. The van der Waals surface area contributed by atoms with E-state index in [0.717, 1.165) is 0 Å². The topological polar surface area (TPSA) is 9.23 Å². The van der Waals surface area contributed by atoms with E-state index < -0.39 is 6.56 Å². The molecular weight excluding hydrogens is 124 g/mol. The summed E-state index contributed by atoms with van der Waals surface area (Å²) in [4.78, 5) is 0. The van der Waals surface area contributed by atoms with Crippen molar-refractivity contribution >= 4 is 0 Å². The van der Waals surface area contributed by atoms with E-state index in [1.54, 1.807) is 0 Å². The van der Waals surface area contributed by atoms with Gasteiger partial charge in [0.05, 0.1) is 9.30 Å². The first-order valence-electron chi connectivity index (χ1n) is 5.21. The summed E-state index contributed by atoms with van der Waals surface area (Å²) in [7, 11) is 1.50. The molecule has 0 N–H and O–H groups in total. The van der Waals surface area contributed by atoms with Crippen molar-refractivity contribution in [1.82, 2.24) is 0 Å². The van der Waals surface area contributed by atoms with Gasteiger partial charge in [0.15, 0.2) is 0 Å². The summed E-state index contributed by atoms with van der Waals surface area (Å²) >= 11 is 0. The zero-order valence-corrected chi connectivity index (χ0v) is 6.26. The molecule has 0 bridgehead atoms. The van der Waals surface area contributed by atoms with Crippen molar-refractivity contribution in [2.24, 2.45) is 23.2 Å². The summed E-state index contributed by atoms with van der Waals surface area (Å²) in [6.07, 6.45) is 3.79. The van der Waals surface area contributed by atoms with E-state index in [0.29, 0.717) is 17.8 Å². The lowest BCUT2D eigenvalue weighted by Gasteiger charge is -2.24. The van der Waals surface area contributed by atoms with Gasteiger partial charge in [-0.2, -0.15) is 0 Å². The molecule has 2 atom stereocenters. The summed E-state index contributed by atoms with van der Waals surface area (Å²) in [6.45, 7) is -1.34. The quantitative estimate of drug-likeness (QED) is 0.567. The molecule has 2 unspecified atom stereocenters. The Hall–Kier alpha value is -0.0400. The van der Waals surface area contributed by atoms with E-state index in [2.05, 4.69) is 0 Å². The lowest BCUT2D eigenvalue weighted by Crippen LogP contribution is -2.18. The molecule has 56 valence electrons. The zero-order valence-electron chi connectivity index (χ0n) is 8.26. The molecule has 3 saturated carbocycles. The lowest BCUT2D eigenvalue weighted by atomic mass is 9.83. The maximum Gasteiger partial charge on any atom is 0.0573 e. The minimum atomic E-state index is -1.34. The number of hydrogen-bond acceptors (Lipinski definition) is 1. The number of methoxy groups -OCH3 is 1. The van der Waals surface area contributed by atoms with Gasteiger partial charge >= 0.3 is 0 Å². The Morgan fingerprint density at radius 1 is 1.60 bits per heavy atom. The molecule has 0 spiro atoms. The van der Waals surface area contributed by atoms with Gasteiger partial charge in [-0.3, -0.25) is 0 Å². The molecule has 0 aliphatic heterocycles. The van der Waals surface area contributed by atoms with Crippen LogP contribution in [0.1, 0.15) is 22.0 Å². The first-order valence-corrected chi connectivity index (χ1v) is 4.21. The Morgan fingerprint density at radius 2 is 2.30 bits per heavy atom. The number of hydrogen-bond donors (Lipinski definition) is 0. The van der Waals surface area contributed by atoms with E-state index in [-0.39, 0.29) is 5.41 Å². The summed E-state index contributed by atoms with van der Waals surface area (Å²) < 4.78 is 20.5. The largest absolute Gasteiger partial charge is 0.384 e. The first kappa shape index (κ1) is 4.10. The van der Waals surface area contributed by atoms with Gasteiger partial charge in [0.1, 0.15) is 0 Å². The van der Waals surface area contributed by atoms with Crippen LogP contribution in [0.2, 0.25) is 0 Å². The highest BCUT2D eigenvalue weighted by Crippen LogP contribution is 2.88. The Balaban J connectivity index is 1.88. The predicted molar refractivity (Wildman–Crippen MR) is 38.6 cm³/mol. The number of rotatable bonds is 2. The second-order valence-electron chi connectivity index (χ2n) is 3.91. The van der Waals surface area contributed by atoms with E-state index in [1.165, 1.54) is 26.4 Å². The fourth-order valence-electron chi connectivity index (χ4n) is 3.25. The molecule has 1 nitrogen and oxygen atoms in total. The van der Waals surface area contributed by atoms with Gasteiger partial charge in [0.25, 0.3) is 0 Å². The van der Waals surface area contributed by atoms with Crippen molar-refractivity contribution in [3.8, 4) is 0 Å². The normalized spacial score (nSPS) is 65.9. The fraction of sp³-hybridized carbons (Fsp3) is 1.00. The highest BCUT2D eigenvalue weighted by Gasteiger charge is 2.86. The molecule has 10 heavy (non-hydrogen) atoms. The minimum Gasteiger partial charge on any atom is -0.384 e. The molecule has 0 amide bonds. The summed E-state index contributed by atoms with van der Waals surface area (Å²) in [5.41, 5.74) is -0.0139. The second-order valence-corrected chi connectivity index (χ2v) is 3.91. The van der Waals surface area contributed by atoms with Gasteiger partial charge in [-0.1, -0.05) is 6.42 Å². The van der Waals surface area contributed by atoms with Crippen LogP contribution in [0.25, 0.3) is 0 Å². The van der Waals surface area contributed by atoms with Gasteiger partial charge < -0.3 is 4.74 Å². The van der Waals surface area contributed by atoms with Crippen molar-refractivity contribution in [3.05, 3.63) is 0 Å². The highest BCUT2D eigenvalue weighted by atomic mass is 16.5. The molecule has 3 aliphatic carbocycles. The van der Waals surface area contributed by atoms with Crippen LogP contribution in [0, 0.1) is 23.2 Å². The Labute approximate surface area is 64.6 Å². The molecule has 3 aliphatic rings. The smallest absolute Gasteiger partial charge is 0.0573 e. The van der Waals surface area contributed by atoms with Crippen LogP contribution in [0.15, 0.2) is 0 Å². The third-order valence-corrected chi connectivity index (χ3v) is 3.74. The molecule has 0 heterocycles. The monoisotopic (exact) mass is 140 g/mol. The summed E-state index contributed by atoms with van der Waals surface area (Å²) in [6, 6.07) is 0. The van der Waals surface area contributed by atoms with Crippen molar-refractivity contribution in [1.29, 1.82) is 0 Å². The van der Waals surface area contributed by atoms with Gasteiger partial charge in [-0.25, -0.2) is 0 Å². The average molecular weight is 140 g/mol. The van der Waals surface area contributed by atoms with Crippen molar-refractivity contribution in [2.75, 3.05) is 13.7 Å². The highest BCUT2D eigenvalue weighted by molar-refractivity contribution is 5.32. The zero-order chi connectivity index (χ0) is 8.56. The van der Waals surface area contributed by atoms with Crippen molar-refractivity contribution in [3.63, 3.8) is 0 Å². The van der Waals surface area contributed by atoms with Crippen LogP contribution >= 0.6 is 0 Å². The first-order chi connectivity index (χ1) is 5.66. The maximum absolute atomic E-state index is 7.77. The van der Waals surface area contributed by atoms with Gasteiger partial charge in [0, 0.05) is 12.5 Å². The van der Waals surface area contributed by atoms with E-state index in [1.807, 2.05) is 0 Å². The van der Waals surface area contributed by atoms with Crippen molar-refractivity contribution in [2.45, 2.75) is 19.3 Å². The molecule has 1 heteroatoms. The van der Waals surface area contributed by atoms with Crippen LogP contribution in [-0.4, -0.2) is 13.7 Å². The van der Waals surface area contributed by atoms with E-state index in [4.69, 9.17) is 7.48 Å². The minimum absolute atomic E-state index is 0.0139. The third kappa shape index (κ3) is 0.378. The van der Waals surface area contributed by atoms with Crippen LogP contribution in [-0.2, 0) is 4.74 Å². The standard InChI is InChI=1S/C9H14O/c1-10-5-9-6-3-2-4-7(9)8(6)9/h6-8H,2-5H2,1H3/i5D2. The fourth-order valence-corrected chi connectivity index (χ4v) is 3.25. The molecular formula is C9H14O. The SMILES string of the molecule is [2H]C([2H])(OC)C12C3CCCC1C32. The average Bonchev–Trinajstić information content (AvgIpc) is 2.93. The molecule has 0 saturated heterocycles. The van der Waals surface area contributed by atoms with E-state index >= 15 is 0 Å². The number of ether oxygens (including phenoxy) is 1. The molecule has 0 aromatic heterocycles. The molecule has 0 radical (unpaired) electrons. The molecule has 3 rings (SSSR count). The summed E-state index contributed by atoms with van der Waals surface area (Å²) in [5.74, 6) is 2.04. The summed E-state index contributed by atoms with van der Waals surface area (Å²) in [5, 5.41) is 0. The van der Waals surface area contributed by atoms with Gasteiger partial charge in [-0.15, -0.1) is 0 Å². The van der Waals surface area contributed by atoms with Crippen LogP contribution in [0.4, 0.5) is 0 Å². The molecule has 0 aromatic carbocycles. The van der Waals surface area contributed by atoms with Crippen LogP contribution in [0.3, 0.4) is 0 Å². The van der Waals surface area contributed by atoms with Crippen LogP contribution < -0.4 is 0 Å². The Morgan fingerprint density at radius 3 is 2.80 bits per heavy atom.